The zero-order chi connectivity index (χ0) is 15.6. The van der Waals surface area contributed by atoms with E-state index in [1.54, 1.807) is 0 Å². The van der Waals surface area contributed by atoms with E-state index in [1.807, 2.05) is 40.3 Å². The minimum absolute atomic E-state index is 0.0118. The molecule has 1 aromatic heterocycles. The van der Waals surface area contributed by atoms with Crippen molar-refractivity contribution in [3.63, 3.8) is 0 Å². The fourth-order valence-electron chi connectivity index (χ4n) is 4.46. The summed E-state index contributed by atoms with van der Waals surface area (Å²) >= 11 is 0. The highest BCUT2D eigenvalue weighted by Gasteiger charge is 2.62. The molecule has 1 N–H and O–H groups in total. The zero-order valence-corrected chi connectivity index (χ0v) is 12.6. The van der Waals surface area contributed by atoms with Crippen LogP contribution in [0.4, 0.5) is 0 Å². The lowest BCUT2D eigenvalue weighted by atomic mass is 10.0. The Balaban J connectivity index is 1.54. The molecule has 0 radical (unpaired) electrons. The molecule has 2 amide bonds. The highest BCUT2D eigenvalue weighted by Crippen LogP contribution is 2.46. The van der Waals surface area contributed by atoms with Crippen LogP contribution in [0.2, 0.25) is 0 Å². The highest BCUT2D eigenvalue weighted by atomic mass is 16.5. The van der Waals surface area contributed by atoms with Crippen LogP contribution in [0.15, 0.2) is 30.5 Å². The molecular formula is C17H17N3O3. The Kier molecular flexibility index (Phi) is 2.48. The van der Waals surface area contributed by atoms with Crippen LogP contribution in [-0.4, -0.2) is 58.1 Å². The minimum atomic E-state index is -0.571. The molecule has 1 aromatic carbocycles. The third-order valence-electron chi connectivity index (χ3n) is 5.49. The summed E-state index contributed by atoms with van der Waals surface area (Å²) in [5.41, 5.74) is 1.06. The number of likely N-dealkylation sites (tertiary alicyclic amines) is 1. The fourth-order valence-corrected chi connectivity index (χ4v) is 4.46. The molecule has 5 rings (SSSR count). The smallest absolute Gasteiger partial charge is 0.254 e. The summed E-state index contributed by atoms with van der Waals surface area (Å²) in [6, 6.07) is 7.45. The summed E-state index contributed by atoms with van der Waals surface area (Å²) < 4.78 is 5.95. The van der Waals surface area contributed by atoms with Crippen molar-refractivity contribution in [3.8, 4) is 0 Å². The lowest BCUT2D eigenvalue weighted by Crippen LogP contribution is -2.48. The molecule has 6 heteroatoms. The van der Waals surface area contributed by atoms with Gasteiger partial charge in [0.1, 0.15) is 0 Å². The van der Waals surface area contributed by atoms with Crippen LogP contribution in [0, 0.1) is 0 Å². The summed E-state index contributed by atoms with van der Waals surface area (Å²) in [6.45, 7) is 1.84. The molecule has 1 spiro atoms. The summed E-state index contributed by atoms with van der Waals surface area (Å²) in [5, 5.41) is 0.923. The molecule has 118 valence electrons. The zero-order valence-electron chi connectivity index (χ0n) is 12.6. The van der Waals surface area contributed by atoms with E-state index in [9.17, 15) is 9.59 Å². The molecular weight excluding hydrogens is 294 g/mol. The van der Waals surface area contributed by atoms with Gasteiger partial charge in [0, 0.05) is 42.2 Å². The molecule has 3 saturated heterocycles. The van der Waals surface area contributed by atoms with Crippen LogP contribution in [0.3, 0.4) is 0 Å². The van der Waals surface area contributed by atoms with Crippen molar-refractivity contribution in [2.75, 3.05) is 19.7 Å². The minimum Gasteiger partial charge on any atom is -0.361 e. The van der Waals surface area contributed by atoms with E-state index in [1.165, 1.54) is 0 Å². The van der Waals surface area contributed by atoms with Crippen LogP contribution in [-0.2, 0) is 9.53 Å². The third kappa shape index (κ3) is 1.56. The van der Waals surface area contributed by atoms with Gasteiger partial charge in [0.25, 0.3) is 5.91 Å². The molecule has 2 aromatic rings. The third-order valence-corrected chi connectivity index (χ3v) is 5.49. The molecule has 6 nitrogen and oxygen atoms in total. The maximum absolute atomic E-state index is 13.1. The molecule has 3 fully saturated rings. The summed E-state index contributed by atoms with van der Waals surface area (Å²) in [7, 11) is 0. The van der Waals surface area contributed by atoms with Crippen LogP contribution >= 0.6 is 0 Å². The number of benzene rings is 1. The quantitative estimate of drug-likeness (QED) is 0.864. The average Bonchev–Trinajstić information content (AvgIpc) is 3.28. The number of H-pyrrole nitrogens is 1. The number of hydrogen-bond donors (Lipinski definition) is 1. The van der Waals surface area contributed by atoms with Gasteiger partial charge in [0.2, 0.25) is 5.91 Å². The monoisotopic (exact) mass is 311 g/mol. The van der Waals surface area contributed by atoms with Gasteiger partial charge in [-0.2, -0.15) is 0 Å². The van der Waals surface area contributed by atoms with Crippen molar-refractivity contribution in [3.05, 3.63) is 36.0 Å². The number of ether oxygens (including phenoxy) is 1. The van der Waals surface area contributed by atoms with E-state index >= 15 is 0 Å². The molecule has 2 atom stereocenters. The standard InChI is InChI=1S/C17H17N3O3/c21-15-10-14-17(20(15)8-9-23-17)5-7-19(14)16(22)12-2-1-3-13-11(12)4-6-18-13/h1-4,6,14,18H,5,7-10H2/t14-,17+/m1/s1. The van der Waals surface area contributed by atoms with Crippen LogP contribution < -0.4 is 0 Å². The first-order valence-electron chi connectivity index (χ1n) is 8.02. The van der Waals surface area contributed by atoms with Crippen molar-refractivity contribution >= 4 is 22.7 Å². The Morgan fingerprint density at radius 1 is 1.30 bits per heavy atom. The second-order valence-corrected chi connectivity index (χ2v) is 6.45. The van der Waals surface area contributed by atoms with Crippen molar-refractivity contribution in [2.45, 2.75) is 24.6 Å². The highest BCUT2D eigenvalue weighted by molar-refractivity contribution is 6.07. The lowest BCUT2D eigenvalue weighted by molar-refractivity contribution is -0.136. The number of nitrogens with zero attached hydrogens (tertiary/aromatic N) is 2. The average molecular weight is 311 g/mol. The Hall–Kier alpha value is -2.34. The molecule has 0 saturated carbocycles. The van der Waals surface area contributed by atoms with Crippen LogP contribution in [0.1, 0.15) is 23.2 Å². The van der Waals surface area contributed by atoms with Crippen molar-refractivity contribution < 1.29 is 14.3 Å². The number of aromatic nitrogens is 1. The Morgan fingerprint density at radius 3 is 3.13 bits per heavy atom. The maximum Gasteiger partial charge on any atom is 0.254 e. The maximum atomic E-state index is 13.1. The second-order valence-electron chi connectivity index (χ2n) is 6.45. The number of carbonyl (C=O) groups is 2. The largest absolute Gasteiger partial charge is 0.361 e. The number of rotatable bonds is 1. The van der Waals surface area contributed by atoms with Gasteiger partial charge in [0.05, 0.1) is 19.1 Å². The number of hydrogen-bond acceptors (Lipinski definition) is 3. The molecule has 0 aliphatic carbocycles. The first-order chi connectivity index (χ1) is 11.2. The molecule has 3 aliphatic heterocycles. The summed E-state index contributed by atoms with van der Waals surface area (Å²) in [5.74, 6) is 0.0899. The lowest BCUT2D eigenvalue weighted by Gasteiger charge is -2.31. The van der Waals surface area contributed by atoms with Gasteiger partial charge in [-0.05, 0) is 18.2 Å². The van der Waals surface area contributed by atoms with Gasteiger partial charge in [-0.25, -0.2) is 0 Å². The SMILES string of the molecule is O=C(c1cccc2[nH]ccc12)N1CC[C@@]23OCCN2C(=O)C[C@@H]13. The van der Waals surface area contributed by atoms with Gasteiger partial charge < -0.3 is 19.5 Å². The summed E-state index contributed by atoms with van der Waals surface area (Å²) in [6.07, 6.45) is 2.92. The molecule has 23 heavy (non-hydrogen) atoms. The Bertz CT molecular complexity index is 829. The van der Waals surface area contributed by atoms with Crippen molar-refractivity contribution in [1.82, 2.24) is 14.8 Å². The Labute approximate surface area is 133 Å². The summed E-state index contributed by atoms with van der Waals surface area (Å²) in [4.78, 5) is 32.2. The van der Waals surface area contributed by atoms with Crippen LogP contribution in [0.25, 0.3) is 10.9 Å². The number of carbonyl (C=O) groups excluding carboxylic acids is 2. The fraction of sp³-hybridized carbons (Fsp3) is 0.412. The topological polar surface area (TPSA) is 65.6 Å². The predicted molar refractivity (Wildman–Crippen MR) is 82.8 cm³/mol. The van der Waals surface area contributed by atoms with E-state index in [-0.39, 0.29) is 17.9 Å². The van der Waals surface area contributed by atoms with Gasteiger partial charge in [-0.15, -0.1) is 0 Å². The normalized spacial score (nSPS) is 29.4. The van der Waals surface area contributed by atoms with Gasteiger partial charge in [0.15, 0.2) is 5.72 Å². The molecule has 4 heterocycles. The van der Waals surface area contributed by atoms with Crippen molar-refractivity contribution in [2.24, 2.45) is 0 Å². The van der Waals surface area contributed by atoms with E-state index in [0.29, 0.717) is 38.1 Å². The van der Waals surface area contributed by atoms with Crippen molar-refractivity contribution in [1.29, 1.82) is 0 Å². The number of amides is 2. The van der Waals surface area contributed by atoms with E-state index in [4.69, 9.17) is 4.74 Å². The molecule has 0 bridgehead atoms. The van der Waals surface area contributed by atoms with Crippen LogP contribution in [0.5, 0.6) is 0 Å². The number of nitrogens with one attached hydrogen (secondary N) is 1. The first kappa shape index (κ1) is 13.1. The number of fused-ring (bicyclic) bond motifs is 1. The second kappa shape index (κ2) is 4.35. The van der Waals surface area contributed by atoms with Gasteiger partial charge >= 0.3 is 0 Å². The van der Waals surface area contributed by atoms with E-state index in [0.717, 1.165) is 10.9 Å². The van der Waals surface area contributed by atoms with E-state index < -0.39 is 5.72 Å². The number of aromatic amines is 1. The van der Waals surface area contributed by atoms with Gasteiger partial charge in [-0.1, -0.05) is 6.07 Å². The molecule has 0 unspecified atom stereocenters. The first-order valence-corrected chi connectivity index (χ1v) is 8.02. The molecule has 3 aliphatic rings. The van der Waals surface area contributed by atoms with E-state index in [2.05, 4.69) is 4.98 Å². The van der Waals surface area contributed by atoms with Gasteiger partial charge in [-0.3, -0.25) is 9.59 Å². The Morgan fingerprint density at radius 2 is 2.22 bits per heavy atom. The predicted octanol–water partition coefficient (Wildman–Crippen LogP) is 1.34.